The van der Waals surface area contributed by atoms with E-state index in [1.165, 1.54) is 30.3 Å². The number of nitrogens with zero attached hydrogens (tertiary/aromatic N) is 2. The van der Waals surface area contributed by atoms with Crippen LogP contribution in [0.4, 0.5) is 0 Å². The van der Waals surface area contributed by atoms with E-state index in [0.29, 0.717) is 0 Å². The molecule has 2 heterocycles. The third-order valence-corrected chi connectivity index (χ3v) is 2.71. The molecule has 1 saturated carbocycles. The minimum absolute atomic E-state index is 0.938. The van der Waals surface area contributed by atoms with Gasteiger partial charge >= 0.3 is 0 Å². The van der Waals surface area contributed by atoms with E-state index in [-0.39, 0.29) is 0 Å². The van der Waals surface area contributed by atoms with Crippen molar-refractivity contribution >= 4 is 5.52 Å². The van der Waals surface area contributed by atoms with E-state index >= 15 is 0 Å². The van der Waals surface area contributed by atoms with Gasteiger partial charge in [-0.3, -0.25) is 0 Å². The minimum Gasteiger partial charge on any atom is -0.241 e. The summed E-state index contributed by atoms with van der Waals surface area (Å²) in [4.78, 5) is 0. The summed E-state index contributed by atoms with van der Waals surface area (Å²) < 4.78 is 1.96. The first-order valence-electron chi connectivity index (χ1n) is 4.85. The highest BCUT2D eigenvalue weighted by atomic mass is 15.2. The first-order valence-corrected chi connectivity index (χ1v) is 4.85. The van der Waals surface area contributed by atoms with E-state index in [1.54, 1.807) is 0 Å². The maximum atomic E-state index is 4.32. The third kappa shape index (κ3) is 1.22. The molecule has 3 rings (SSSR count). The van der Waals surface area contributed by atoms with E-state index < -0.39 is 0 Å². The Labute approximate surface area is 77.2 Å². The van der Waals surface area contributed by atoms with Crippen LogP contribution in [0.5, 0.6) is 0 Å². The van der Waals surface area contributed by atoms with Crippen molar-refractivity contribution in [2.45, 2.75) is 19.3 Å². The first-order chi connectivity index (χ1) is 6.43. The minimum atomic E-state index is 0.938. The van der Waals surface area contributed by atoms with Gasteiger partial charge in [-0.1, -0.05) is 6.07 Å². The molecule has 0 bridgehead atoms. The van der Waals surface area contributed by atoms with Crippen molar-refractivity contribution in [3.63, 3.8) is 0 Å². The zero-order valence-corrected chi connectivity index (χ0v) is 7.48. The molecule has 0 unspecified atom stereocenters. The maximum absolute atomic E-state index is 4.32. The molecule has 1 fully saturated rings. The molecule has 1 aliphatic carbocycles. The van der Waals surface area contributed by atoms with Gasteiger partial charge < -0.3 is 0 Å². The van der Waals surface area contributed by atoms with Crippen molar-refractivity contribution in [1.29, 1.82) is 0 Å². The van der Waals surface area contributed by atoms with Crippen molar-refractivity contribution in [2.75, 3.05) is 0 Å². The molecule has 0 radical (unpaired) electrons. The predicted molar refractivity (Wildman–Crippen MR) is 51.6 cm³/mol. The highest BCUT2D eigenvalue weighted by molar-refractivity contribution is 5.53. The Morgan fingerprint density at radius 1 is 1.38 bits per heavy atom. The fraction of sp³-hybridized carbons (Fsp3) is 0.364. The van der Waals surface area contributed by atoms with Gasteiger partial charge in [-0.25, -0.2) is 4.52 Å². The van der Waals surface area contributed by atoms with E-state index in [1.807, 2.05) is 23.0 Å². The molecule has 0 aliphatic heterocycles. The summed E-state index contributed by atoms with van der Waals surface area (Å²) in [5.41, 5.74) is 2.68. The molecule has 2 aromatic heterocycles. The van der Waals surface area contributed by atoms with Crippen LogP contribution in [0.25, 0.3) is 5.52 Å². The number of hydrogen-bond donors (Lipinski definition) is 0. The van der Waals surface area contributed by atoms with E-state index in [4.69, 9.17) is 0 Å². The molecule has 0 aromatic carbocycles. The quantitative estimate of drug-likeness (QED) is 0.679. The fourth-order valence-corrected chi connectivity index (χ4v) is 1.78. The van der Waals surface area contributed by atoms with Crippen LogP contribution in [0.1, 0.15) is 18.4 Å². The van der Waals surface area contributed by atoms with Gasteiger partial charge in [0.05, 0.1) is 11.7 Å². The molecule has 13 heavy (non-hydrogen) atoms. The molecular formula is C11H12N2. The third-order valence-electron chi connectivity index (χ3n) is 2.71. The van der Waals surface area contributed by atoms with Crippen molar-refractivity contribution < 1.29 is 0 Å². The number of hydrogen-bond acceptors (Lipinski definition) is 1. The van der Waals surface area contributed by atoms with Crippen LogP contribution < -0.4 is 0 Å². The lowest BCUT2D eigenvalue weighted by Gasteiger charge is -1.95. The van der Waals surface area contributed by atoms with Gasteiger partial charge in [-0.15, -0.1) is 0 Å². The number of pyridine rings is 1. The van der Waals surface area contributed by atoms with Crippen molar-refractivity contribution in [3.05, 3.63) is 36.2 Å². The lowest BCUT2D eigenvalue weighted by Crippen LogP contribution is -1.87. The first kappa shape index (κ1) is 7.13. The van der Waals surface area contributed by atoms with Gasteiger partial charge in [0.1, 0.15) is 0 Å². The van der Waals surface area contributed by atoms with Gasteiger partial charge in [-0.2, -0.15) is 5.10 Å². The maximum Gasteiger partial charge on any atom is 0.0693 e. The van der Waals surface area contributed by atoms with E-state index in [0.717, 1.165) is 5.92 Å². The average Bonchev–Trinajstić information content (AvgIpc) is 2.88. The van der Waals surface area contributed by atoms with Gasteiger partial charge in [-0.05, 0) is 42.9 Å². The Morgan fingerprint density at radius 2 is 2.31 bits per heavy atom. The Kier molecular flexibility index (Phi) is 1.42. The predicted octanol–water partition coefficient (Wildman–Crippen LogP) is 2.29. The second kappa shape index (κ2) is 2.59. The molecule has 1 aliphatic rings. The molecule has 0 amide bonds. The Morgan fingerprint density at radius 3 is 3.15 bits per heavy atom. The smallest absolute Gasteiger partial charge is 0.0693 e. The number of aromatic nitrogens is 2. The number of fused-ring (bicyclic) bond motifs is 1. The topological polar surface area (TPSA) is 17.3 Å². The van der Waals surface area contributed by atoms with Crippen LogP contribution in [0.3, 0.4) is 0 Å². The lowest BCUT2D eigenvalue weighted by atomic mass is 10.1. The monoisotopic (exact) mass is 172 g/mol. The van der Waals surface area contributed by atoms with Crippen LogP contribution in [0.2, 0.25) is 0 Å². The largest absolute Gasteiger partial charge is 0.241 e. The molecule has 0 N–H and O–H groups in total. The van der Waals surface area contributed by atoms with Gasteiger partial charge in [0.15, 0.2) is 0 Å². The van der Waals surface area contributed by atoms with Crippen LogP contribution in [0.15, 0.2) is 30.6 Å². The Bertz CT molecular complexity index is 426. The standard InChI is InChI=1S/C11H12N2/c1-2-6-13-11(3-1)10(8-12-13)7-9-4-5-9/h1-3,6,8-9H,4-5,7H2. The summed E-state index contributed by atoms with van der Waals surface area (Å²) in [6.45, 7) is 0. The number of rotatable bonds is 2. The van der Waals surface area contributed by atoms with Crippen molar-refractivity contribution in [2.24, 2.45) is 5.92 Å². The van der Waals surface area contributed by atoms with E-state index in [9.17, 15) is 0 Å². The van der Waals surface area contributed by atoms with Gasteiger partial charge in [0, 0.05) is 6.20 Å². The molecule has 2 nitrogen and oxygen atoms in total. The molecule has 2 aromatic rings. The molecule has 0 spiro atoms. The van der Waals surface area contributed by atoms with Crippen LogP contribution in [-0.4, -0.2) is 9.61 Å². The van der Waals surface area contributed by atoms with Crippen LogP contribution >= 0.6 is 0 Å². The Balaban J connectivity index is 2.06. The normalized spacial score (nSPS) is 16.6. The summed E-state index contributed by atoms with van der Waals surface area (Å²) in [5, 5.41) is 4.32. The summed E-state index contributed by atoms with van der Waals surface area (Å²) in [6.07, 6.45) is 8.04. The second-order valence-electron chi connectivity index (χ2n) is 3.85. The summed E-state index contributed by atoms with van der Waals surface area (Å²) >= 11 is 0. The van der Waals surface area contributed by atoms with Crippen LogP contribution in [0, 0.1) is 5.92 Å². The highest BCUT2D eigenvalue weighted by Gasteiger charge is 2.22. The SMILES string of the molecule is c1ccn2ncc(CC3CC3)c2c1. The van der Waals surface area contributed by atoms with Crippen LogP contribution in [-0.2, 0) is 6.42 Å². The highest BCUT2D eigenvalue weighted by Crippen LogP contribution is 2.33. The zero-order chi connectivity index (χ0) is 8.67. The molecule has 0 saturated heterocycles. The Hall–Kier alpha value is -1.31. The lowest BCUT2D eigenvalue weighted by molar-refractivity contribution is 0.838. The summed E-state index contributed by atoms with van der Waals surface area (Å²) in [7, 11) is 0. The molecular weight excluding hydrogens is 160 g/mol. The average molecular weight is 172 g/mol. The molecule has 2 heteroatoms. The second-order valence-corrected chi connectivity index (χ2v) is 3.85. The summed E-state index contributed by atoms with van der Waals surface area (Å²) in [6, 6.07) is 6.24. The molecule has 0 atom stereocenters. The molecule has 66 valence electrons. The fourth-order valence-electron chi connectivity index (χ4n) is 1.78. The zero-order valence-electron chi connectivity index (χ0n) is 7.48. The van der Waals surface area contributed by atoms with E-state index in [2.05, 4.69) is 17.2 Å². The van der Waals surface area contributed by atoms with Crippen molar-refractivity contribution in [3.8, 4) is 0 Å². The van der Waals surface area contributed by atoms with Crippen molar-refractivity contribution in [1.82, 2.24) is 9.61 Å². The van der Waals surface area contributed by atoms with Gasteiger partial charge in [0.25, 0.3) is 0 Å². The van der Waals surface area contributed by atoms with Gasteiger partial charge in [0.2, 0.25) is 0 Å². The summed E-state index contributed by atoms with van der Waals surface area (Å²) in [5.74, 6) is 0.938.